The summed E-state index contributed by atoms with van der Waals surface area (Å²) in [4.78, 5) is 10.4. The molecule has 10 heteroatoms. The van der Waals surface area contributed by atoms with Gasteiger partial charge in [-0.25, -0.2) is 0 Å². The number of hydrogen-bond donors (Lipinski definition) is 4. The Morgan fingerprint density at radius 2 is 1.67 bits per heavy atom. The standard InChI is InChI=1S/C17H16N4O5S/c1-10-6-7-13(15(8-10)21(22)23)19-20-14-9-16(27(24,25)26)11-4-2-3-5-12(11)17(14)18/h2-9,19-20H,18H2,1H3,(H,24,25,26). The lowest BCUT2D eigenvalue weighted by Gasteiger charge is -2.16. The van der Waals surface area contributed by atoms with Gasteiger partial charge in [0.15, 0.2) is 0 Å². The second-order valence-corrected chi connectivity index (χ2v) is 7.27. The molecule has 3 aromatic carbocycles. The minimum atomic E-state index is -4.51. The van der Waals surface area contributed by atoms with Crippen molar-refractivity contribution in [1.82, 2.24) is 0 Å². The number of hydrazine groups is 1. The lowest BCUT2D eigenvalue weighted by atomic mass is 10.1. The average molecular weight is 388 g/mol. The summed E-state index contributed by atoms with van der Waals surface area (Å²) in [5.41, 5.74) is 12.6. The van der Waals surface area contributed by atoms with Gasteiger partial charge in [-0.3, -0.25) is 25.5 Å². The molecule has 0 unspecified atom stereocenters. The number of nitrogens with two attached hydrogens (primary N) is 1. The second-order valence-electron chi connectivity index (χ2n) is 5.88. The maximum absolute atomic E-state index is 11.7. The minimum absolute atomic E-state index is 0.149. The van der Waals surface area contributed by atoms with E-state index in [-0.39, 0.29) is 33.0 Å². The average Bonchev–Trinajstić information content (AvgIpc) is 2.61. The quantitative estimate of drug-likeness (QED) is 0.225. The number of nitrogens with one attached hydrogen (secondary N) is 2. The molecule has 3 rings (SSSR count). The van der Waals surface area contributed by atoms with Crippen LogP contribution in [0.25, 0.3) is 10.8 Å². The van der Waals surface area contributed by atoms with Gasteiger partial charge in [-0.15, -0.1) is 0 Å². The molecule has 0 aromatic heterocycles. The van der Waals surface area contributed by atoms with Gasteiger partial charge < -0.3 is 5.73 Å². The SMILES string of the molecule is Cc1ccc(NNc2cc(S(=O)(=O)O)c3ccccc3c2N)c([N+](=O)[O-])c1. The molecule has 3 aromatic rings. The van der Waals surface area contributed by atoms with Crippen LogP contribution in [0.5, 0.6) is 0 Å². The number of benzene rings is 3. The summed E-state index contributed by atoms with van der Waals surface area (Å²) in [6, 6.07) is 12.2. The number of nitrogen functional groups attached to an aromatic ring is 1. The van der Waals surface area contributed by atoms with Crippen LogP contribution in [0.3, 0.4) is 0 Å². The van der Waals surface area contributed by atoms with E-state index in [9.17, 15) is 23.1 Å². The van der Waals surface area contributed by atoms with Crippen LogP contribution < -0.4 is 16.6 Å². The van der Waals surface area contributed by atoms with Crippen molar-refractivity contribution in [2.45, 2.75) is 11.8 Å². The van der Waals surface area contributed by atoms with E-state index in [1.54, 1.807) is 31.2 Å². The van der Waals surface area contributed by atoms with Crippen molar-refractivity contribution in [2.75, 3.05) is 16.6 Å². The molecule has 5 N–H and O–H groups in total. The van der Waals surface area contributed by atoms with Gasteiger partial charge in [-0.05, 0) is 24.6 Å². The van der Waals surface area contributed by atoms with Crippen molar-refractivity contribution in [1.29, 1.82) is 0 Å². The number of anilines is 3. The van der Waals surface area contributed by atoms with Gasteiger partial charge in [0, 0.05) is 16.8 Å². The van der Waals surface area contributed by atoms with Gasteiger partial charge in [0.05, 0.1) is 16.3 Å². The molecule has 0 saturated carbocycles. The smallest absolute Gasteiger partial charge is 0.295 e. The van der Waals surface area contributed by atoms with Crippen molar-refractivity contribution in [3.8, 4) is 0 Å². The van der Waals surface area contributed by atoms with E-state index >= 15 is 0 Å². The molecular weight excluding hydrogens is 372 g/mol. The van der Waals surface area contributed by atoms with E-state index in [0.29, 0.717) is 10.9 Å². The van der Waals surface area contributed by atoms with Crippen LogP contribution in [0.1, 0.15) is 5.56 Å². The van der Waals surface area contributed by atoms with Crippen molar-refractivity contribution in [3.05, 3.63) is 64.2 Å². The van der Waals surface area contributed by atoms with Crippen molar-refractivity contribution in [3.63, 3.8) is 0 Å². The number of nitro benzene ring substituents is 1. The zero-order valence-corrected chi connectivity index (χ0v) is 14.9. The Morgan fingerprint density at radius 1 is 1.04 bits per heavy atom. The van der Waals surface area contributed by atoms with E-state index in [1.807, 2.05) is 0 Å². The Balaban J connectivity index is 2.06. The van der Waals surface area contributed by atoms with Crippen LogP contribution in [0.15, 0.2) is 53.4 Å². The van der Waals surface area contributed by atoms with Crippen molar-refractivity contribution >= 4 is 43.6 Å². The summed E-state index contributed by atoms with van der Waals surface area (Å²) < 4.78 is 33.0. The third-order valence-corrected chi connectivity index (χ3v) is 4.90. The third kappa shape index (κ3) is 3.61. The van der Waals surface area contributed by atoms with Crippen molar-refractivity contribution in [2.24, 2.45) is 0 Å². The molecule has 0 heterocycles. The topological polar surface area (TPSA) is 148 Å². The highest BCUT2D eigenvalue weighted by Crippen LogP contribution is 2.35. The number of aryl methyl sites for hydroxylation is 1. The summed E-state index contributed by atoms with van der Waals surface area (Å²) in [5.74, 6) is 0. The van der Waals surface area contributed by atoms with Gasteiger partial charge in [0.25, 0.3) is 15.8 Å². The number of nitrogens with zero attached hydrogens (tertiary/aromatic N) is 1. The summed E-state index contributed by atoms with van der Waals surface area (Å²) in [5, 5.41) is 11.9. The first-order valence-electron chi connectivity index (χ1n) is 7.74. The Hall–Kier alpha value is -3.37. The molecule has 0 aliphatic heterocycles. The van der Waals surface area contributed by atoms with E-state index in [0.717, 1.165) is 0 Å². The van der Waals surface area contributed by atoms with Crippen LogP contribution in [0.2, 0.25) is 0 Å². The summed E-state index contributed by atoms with van der Waals surface area (Å²) in [6.45, 7) is 1.73. The fourth-order valence-corrected chi connectivity index (χ4v) is 3.44. The molecule has 0 aliphatic rings. The van der Waals surface area contributed by atoms with Gasteiger partial charge in [0.1, 0.15) is 10.6 Å². The summed E-state index contributed by atoms with van der Waals surface area (Å²) >= 11 is 0. The van der Waals surface area contributed by atoms with Gasteiger partial charge in [-0.1, -0.05) is 30.3 Å². The molecule has 140 valence electrons. The molecular formula is C17H16N4O5S. The molecule has 0 bridgehead atoms. The molecule has 0 radical (unpaired) electrons. The normalized spacial score (nSPS) is 11.3. The maximum Gasteiger partial charge on any atom is 0.295 e. The fraction of sp³-hybridized carbons (Fsp3) is 0.0588. The number of hydrogen-bond acceptors (Lipinski definition) is 7. The number of nitro groups is 1. The summed E-state index contributed by atoms with van der Waals surface area (Å²) in [7, 11) is -4.51. The molecule has 0 fully saturated rings. The molecule has 0 saturated heterocycles. The Bertz CT molecular complexity index is 1160. The van der Waals surface area contributed by atoms with Crippen LogP contribution >= 0.6 is 0 Å². The van der Waals surface area contributed by atoms with E-state index in [4.69, 9.17) is 5.73 Å². The molecule has 27 heavy (non-hydrogen) atoms. The van der Waals surface area contributed by atoms with Crippen molar-refractivity contribution < 1.29 is 17.9 Å². The van der Waals surface area contributed by atoms with Crippen LogP contribution in [-0.2, 0) is 10.1 Å². The molecule has 9 nitrogen and oxygen atoms in total. The Kier molecular flexibility index (Phi) is 4.60. The van der Waals surface area contributed by atoms with E-state index < -0.39 is 15.0 Å². The first-order chi connectivity index (χ1) is 12.7. The second kappa shape index (κ2) is 6.74. The molecule has 0 aliphatic carbocycles. The zero-order valence-electron chi connectivity index (χ0n) is 14.1. The molecule has 0 spiro atoms. The lowest BCUT2D eigenvalue weighted by Crippen LogP contribution is -2.13. The monoisotopic (exact) mass is 388 g/mol. The Morgan fingerprint density at radius 3 is 2.30 bits per heavy atom. The predicted molar refractivity (Wildman–Crippen MR) is 103 cm³/mol. The highest BCUT2D eigenvalue weighted by molar-refractivity contribution is 7.86. The van der Waals surface area contributed by atoms with Gasteiger partial charge in [-0.2, -0.15) is 8.42 Å². The fourth-order valence-electron chi connectivity index (χ4n) is 2.71. The third-order valence-electron chi connectivity index (χ3n) is 4.01. The zero-order chi connectivity index (χ0) is 19.8. The first kappa shape index (κ1) is 18.4. The number of fused-ring (bicyclic) bond motifs is 1. The number of rotatable bonds is 5. The van der Waals surface area contributed by atoms with E-state index in [2.05, 4.69) is 10.9 Å². The molecule has 0 amide bonds. The van der Waals surface area contributed by atoms with Crippen LogP contribution in [0, 0.1) is 17.0 Å². The lowest BCUT2D eigenvalue weighted by molar-refractivity contribution is -0.384. The molecule has 0 atom stereocenters. The summed E-state index contributed by atoms with van der Waals surface area (Å²) in [6.07, 6.45) is 0. The van der Waals surface area contributed by atoms with Crippen LogP contribution in [0.4, 0.5) is 22.7 Å². The van der Waals surface area contributed by atoms with E-state index in [1.165, 1.54) is 24.3 Å². The minimum Gasteiger partial charge on any atom is -0.396 e. The highest BCUT2D eigenvalue weighted by Gasteiger charge is 2.19. The highest BCUT2D eigenvalue weighted by atomic mass is 32.2. The van der Waals surface area contributed by atoms with Gasteiger partial charge >= 0.3 is 0 Å². The van der Waals surface area contributed by atoms with Gasteiger partial charge in [0.2, 0.25) is 0 Å². The maximum atomic E-state index is 11.7. The predicted octanol–water partition coefficient (Wildman–Crippen LogP) is 3.32. The van der Waals surface area contributed by atoms with Crippen LogP contribution in [-0.4, -0.2) is 17.9 Å². The largest absolute Gasteiger partial charge is 0.396 e. The first-order valence-corrected chi connectivity index (χ1v) is 9.18. The Labute approximate surface area is 154 Å².